The van der Waals surface area contributed by atoms with E-state index in [1.165, 1.54) is 4.88 Å². The minimum atomic E-state index is 0.760. The van der Waals surface area contributed by atoms with Crippen LogP contribution in [0.15, 0.2) is 52.6 Å². The third-order valence-electron chi connectivity index (χ3n) is 2.87. The highest BCUT2D eigenvalue weighted by Crippen LogP contribution is 2.25. The first-order chi connectivity index (χ1) is 9.24. The molecule has 2 heterocycles. The number of hydrogen-bond donors (Lipinski definition) is 1. The van der Waals surface area contributed by atoms with Crippen molar-refractivity contribution in [1.82, 2.24) is 9.55 Å². The molecule has 0 amide bonds. The first-order valence-electron chi connectivity index (χ1n) is 5.83. The lowest BCUT2D eigenvalue weighted by molar-refractivity contribution is 0.809. The monoisotopic (exact) mass is 333 g/mol. The Balaban J connectivity index is 1.92. The Labute approximate surface area is 123 Å². The van der Waals surface area contributed by atoms with Crippen molar-refractivity contribution in [2.45, 2.75) is 6.54 Å². The lowest BCUT2D eigenvalue weighted by Gasteiger charge is -2.08. The van der Waals surface area contributed by atoms with Gasteiger partial charge in [-0.05, 0) is 45.1 Å². The number of imidazole rings is 1. The van der Waals surface area contributed by atoms with E-state index in [9.17, 15) is 0 Å². The molecule has 2 aromatic heterocycles. The molecule has 2 N–H and O–H groups in total. The van der Waals surface area contributed by atoms with Gasteiger partial charge in [0.15, 0.2) is 0 Å². The van der Waals surface area contributed by atoms with Crippen LogP contribution >= 0.6 is 27.3 Å². The Hall–Kier alpha value is -1.59. The quantitative estimate of drug-likeness (QED) is 0.736. The minimum absolute atomic E-state index is 0.760. The average Bonchev–Trinajstić information content (AvgIpc) is 3.04. The molecule has 0 aliphatic rings. The van der Waals surface area contributed by atoms with Crippen LogP contribution < -0.4 is 5.73 Å². The van der Waals surface area contributed by atoms with Crippen LogP contribution in [0, 0.1) is 0 Å². The van der Waals surface area contributed by atoms with Crippen LogP contribution in [0.2, 0.25) is 0 Å². The zero-order valence-electron chi connectivity index (χ0n) is 10.1. The summed E-state index contributed by atoms with van der Waals surface area (Å²) in [5, 5.41) is 2.06. The fraction of sp³-hybridized carbons (Fsp3) is 0.0714. The van der Waals surface area contributed by atoms with Gasteiger partial charge in [-0.1, -0.05) is 12.1 Å². The van der Waals surface area contributed by atoms with Crippen molar-refractivity contribution in [2.24, 2.45) is 0 Å². The summed E-state index contributed by atoms with van der Waals surface area (Å²) in [6.45, 7) is 0.769. The number of nitrogens with two attached hydrogens (primary N) is 1. The number of nitrogen functional groups attached to an aromatic ring is 1. The van der Waals surface area contributed by atoms with E-state index < -0.39 is 0 Å². The van der Waals surface area contributed by atoms with E-state index in [0.29, 0.717) is 0 Å². The van der Waals surface area contributed by atoms with Crippen molar-refractivity contribution >= 4 is 33.0 Å². The zero-order valence-corrected chi connectivity index (χ0v) is 12.5. The summed E-state index contributed by atoms with van der Waals surface area (Å²) in [6, 6.07) is 10.2. The number of hydrogen-bond acceptors (Lipinski definition) is 3. The van der Waals surface area contributed by atoms with E-state index in [-0.39, 0.29) is 0 Å². The van der Waals surface area contributed by atoms with Gasteiger partial charge in [0.2, 0.25) is 0 Å². The normalized spacial score (nSPS) is 10.8. The molecule has 3 rings (SSSR count). The zero-order chi connectivity index (χ0) is 13.2. The molecule has 3 aromatic rings. The molecule has 0 saturated heterocycles. The molecule has 0 bridgehead atoms. The Morgan fingerprint density at radius 3 is 2.95 bits per heavy atom. The fourth-order valence-corrected chi connectivity index (χ4v) is 2.94. The molecule has 19 heavy (non-hydrogen) atoms. The third kappa shape index (κ3) is 2.57. The van der Waals surface area contributed by atoms with Crippen LogP contribution in [0.3, 0.4) is 0 Å². The second-order valence-corrected chi connectivity index (χ2v) is 6.01. The van der Waals surface area contributed by atoms with Gasteiger partial charge < -0.3 is 10.3 Å². The van der Waals surface area contributed by atoms with Gasteiger partial charge in [0.05, 0.1) is 4.88 Å². The van der Waals surface area contributed by atoms with Crippen molar-refractivity contribution in [3.63, 3.8) is 0 Å². The highest BCUT2D eigenvalue weighted by atomic mass is 79.9. The van der Waals surface area contributed by atoms with Gasteiger partial charge in [-0.15, -0.1) is 11.3 Å². The van der Waals surface area contributed by atoms with Gasteiger partial charge in [0.25, 0.3) is 0 Å². The summed E-state index contributed by atoms with van der Waals surface area (Å²) in [5.41, 5.74) is 7.84. The predicted octanol–water partition coefficient (Wildman–Crippen LogP) is 4.00. The van der Waals surface area contributed by atoms with E-state index in [0.717, 1.165) is 28.1 Å². The minimum Gasteiger partial charge on any atom is -0.398 e. The SMILES string of the molecule is Nc1cc(Cn2ccnc2-c2cccs2)ccc1Br. The van der Waals surface area contributed by atoms with Gasteiger partial charge in [-0.2, -0.15) is 0 Å². The summed E-state index contributed by atoms with van der Waals surface area (Å²) < 4.78 is 3.06. The highest BCUT2D eigenvalue weighted by Gasteiger charge is 2.07. The standard InChI is InChI=1S/C14H12BrN3S/c15-11-4-3-10(8-12(11)16)9-18-6-5-17-14(18)13-2-1-7-19-13/h1-8H,9,16H2. The molecule has 0 fully saturated rings. The number of thiophene rings is 1. The second kappa shape index (κ2) is 5.19. The first kappa shape index (κ1) is 12.4. The number of halogens is 1. The van der Waals surface area contributed by atoms with Gasteiger partial charge >= 0.3 is 0 Å². The summed E-state index contributed by atoms with van der Waals surface area (Å²) in [7, 11) is 0. The second-order valence-electron chi connectivity index (χ2n) is 4.21. The van der Waals surface area contributed by atoms with Crippen LogP contribution in [0.25, 0.3) is 10.7 Å². The number of benzene rings is 1. The van der Waals surface area contributed by atoms with Gasteiger partial charge in [0, 0.05) is 29.1 Å². The molecule has 3 nitrogen and oxygen atoms in total. The largest absolute Gasteiger partial charge is 0.398 e. The maximum absolute atomic E-state index is 5.91. The molecule has 0 aliphatic carbocycles. The molecule has 0 unspecified atom stereocenters. The topological polar surface area (TPSA) is 43.8 Å². The highest BCUT2D eigenvalue weighted by molar-refractivity contribution is 9.10. The first-order valence-corrected chi connectivity index (χ1v) is 7.50. The summed E-state index contributed by atoms with van der Waals surface area (Å²) in [4.78, 5) is 5.60. The van der Waals surface area contributed by atoms with Crippen LogP contribution in [-0.4, -0.2) is 9.55 Å². The molecule has 0 aliphatic heterocycles. The van der Waals surface area contributed by atoms with E-state index in [1.807, 2.05) is 30.6 Å². The van der Waals surface area contributed by atoms with Crippen LogP contribution in [0.1, 0.15) is 5.56 Å². The smallest absolute Gasteiger partial charge is 0.150 e. The number of rotatable bonds is 3. The Kier molecular flexibility index (Phi) is 3.40. The Morgan fingerprint density at radius 1 is 1.32 bits per heavy atom. The molecule has 5 heteroatoms. The average molecular weight is 334 g/mol. The van der Waals surface area contributed by atoms with Crippen LogP contribution in [0.5, 0.6) is 0 Å². The molecule has 96 valence electrons. The van der Waals surface area contributed by atoms with Crippen molar-refractivity contribution in [3.8, 4) is 10.7 Å². The molecule has 0 atom stereocenters. The summed E-state index contributed by atoms with van der Waals surface area (Å²) in [6.07, 6.45) is 3.82. The third-order valence-corrected chi connectivity index (χ3v) is 4.46. The van der Waals surface area contributed by atoms with Crippen LogP contribution in [-0.2, 0) is 6.54 Å². The molecule has 0 spiro atoms. The van der Waals surface area contributed by atoms with E-state index in [4.69, 9.17) is 5.73 Å². The van der Waals surface area contributed by atoms with Gasteiger partial charge in [-0.3, -0.25) is 0 Å². The van der Waals surface area contributed by atoms with Crippen molar-refractivity contribution in [1.29, 1.82) is 0 Å². The lowest BCUT2D eigenvalue weighted by Crippen LogP contribution is -2.01. The molecular formula is C14H12BrN3S. The maximum atomic E-state index is 5.91. The van der Waals surface area contributed by atoms with Crippen LogP contribution in [0.4, 0.5) is 5.69 Å². The van der Waals surface area contributed by atoms with Crippen molar-refractivity contribution < 1.29 is 0 Å². The molecule has 1 aromatic carbocycles. The number of anilines is 1. The summed E-state index contributed by atoms with van der Waals surface area (Å²) in [5.74, 6) is 0.997. The van der Waals surface area contributed by atoms with Gasteiger partial charge in [-0.25, -0.2) is 4.98 Å². The predicted molar refractivity (Wildman–Crippen MR) is 83.2 cm³/mol. The Bertz CT molecular complexity index is 689. The number of nitrogens with zero attached hydrogens (tertiary/aromatic N) is 2. The van der Waals surface area contributed by atoms with E-state index >= 15 is 0 Å². The lowest BCUT2D eigenvalue weighted by atomic mass is 10.2. The van der Waals surface area contributed by atoms with Gasteiger partial charge in [0.1, 0.15) is 5.82 Å². The molecular weight excluding hydrogens is 322 g/mol. The fourth-order valence-electron chi connectivity index (χ4n) is 1.96. The van der Waals surface area contributed by atoms with Crippen molar-refractivity contribution in [3.05, 3.63) is 58.1 Å². The van der Waals surface area contributed by atoms with E-state index in [2.05, 4.69) is 43.0 Å². The molecule has 0 saturated carbocycles. The summed E-state index contributed by atoms with van der Waals surface area (Å²) >= 11 is 5.11. The molecule has 0 radical (unpaired) electrons. The number of aromatic nitrogens is 2. The maximum Gasteiger partial charge on any atom is 0.150 e. The van der Waals surface area contributed by atoms with Crippen molar-refractivity contribution in [2.75, 3.05) is 5.73 Å². The Morgan fingerprint density at radius 2 is 2.21 bits per heavy atom. The van der Waals surface area contributed by atoms with E-state index in [1.54, 1.807) is 11.3 Å².